The van der Waals surface area contributed by atoms with E-state index >= 15 is 0 Å². The van der Waals surface area contributed by atoms with Gasteiger partial charge in [-0.15, -0.1) is 0 Å². The van der Waals surface area contributed by atoms with Gasteiger partial charge < -0.3 is 10.1 Å². The second-order valence-corrected chi connectivity index (χ2v) is 7.25. The van der Waals surface area contributed by atoms with Crippen molar-refractivity contribution in [3.05, 3.63) is 75.7 Å². The second kappa shape index (κ2) is 9.01. The number of benzene rings is 2. The minimum atomic E-state index is -0.630. The van der Waals surface area contributed by atoms with Crippen molar-refractivity contribution in [2.75, 3.05) is 0 Å². The van der Waals surface area contributed by atoms with Crippen LogP contribution in [0, 0.1) is 0 Å². The van der Waals surface area contributed by atoms with Crippen LogP contribution in [0.1, 0.15) is 18.1 Å². The quantitative estimate of drug-likeness (QED) is 0.595. The minimum Gasteiger partial charge on any atom is -0.480 e. The number of nitrogens with zero attached hydrogens (tertiary/aromatic N) is 3. The van der Waals surface area contributed by atoms with Crippen LogP contribution in [0.4, 0.5) is 0 Å². The third-order valence-electron chi connectivity index (χ3n) is 3.87. The molecular weight excluding hydrogens is 432 g/mol. The van der Waals surface area contributed by atoms with Crippen LogP contribution in [-0.2, 0) is 17.9 Å². The van der Waals surface area contributed by atoms with E-state index in [0.717, 1.165) is 11.1 Å². The standard InChI is InChI=1S/C19H18BrClN4O2/c1-13(27-18-7-6-16(21)8-17(18)20)19(26)23-9-14-2-4-15(5-3-14)10-25-12-22-11-24-25/h2-8,11-13H,9-10H2,1H3,(H,23,26). The summed E-state index contributed by atoms with van der Waals surface area (Å²) in [6.07, 6.45) is 2.55. The Balaban J connectivity index is 1.50. The summed E-state index contributed by atoms with van der Waals surface area (Å²) in [5.74, 6) is 0.378. The van der Waals surface area contributed by atoms with Crippen LogP contribution in [0.2, 0.25) is 5.02 Å². The number of ether oxygens (including phenoxy) is 1. The van der Waals surface area contributed by atoms with Gasteiger partial charge >= 0.3 is 0 Å². The fraction of sp³-hybridized carbons (Fsp3) is 0.211. The molecule has 6 nitrogen and oxygen atoms in total. The molecule has 3 aromatic rings. The van der Waals surface area contributed by atoms with Gasteiger partial charge in [-0.25, -0.2) is 9.67 Å². The Kier molecular flexibility index (Phi) is 6.47. The van der Waals surface area contributed by atoms with Crippen molar-refractivity contribution in [2.24, 2.45) is 0 Å². The van der Waals surface area contributed by atoms with Gasteiger partial charge in [-0.2, -0.15) is 5.10 Å². The summed E-state index contributed by atoms with van der Waals surface area (Å²) >= 11 is 9.29. The average molecular weight is 450 g/mol. The summed E-state index contributed by atoms with van der Waals surface area (Å²) in [5.41, 5.74) is 2.12. The van der Waals surface area contributed by atoms with Crippen molar-refractivity contribution in [2.45, 2.75) is 26.1 Å². The van der Waals surface area contributed by atoms with Gasteiger partial charge in [0.1, 0.15) is 18.4 Å². The number of carbonyl (C=O) groups excluding carboxylic acids is 1. The first-order valence-corrected chi connectivity index (χ1v) is 9.48. The Morgan fingerprint density at radius 1 is 1.26 bits per heavy atom. The molecule has 27 heavy (non-hydrogen) atoms. The molecule has 1 aromatic heterocycles. The first kappa shape index (κ1) is 19.4. The van der Waals surface area contributed by atoms with E-state index < -0.39 is 6.10 Å². The van der Waals surface area contributed by atoms with Gasteiger partial charge in [-0.3, -0.25) is 4.79 Å². The Bertz CT molecular complexity index is 901. The lowest BCUT2D eigenvalue weighted by molar-refractivity contribution is -0.127. The summed E-state index contributed by atoms with van der Waals surface area (Å²) in [5, 5.41) is 7.56. The van der Waals surface area contributed by atoms with Crippen LogP contribution < -0.4 is 10.1 Å². The molecule has 3 rings (SSSR count). The summed E-state index contributed by atoms with van der Waals surface area (Å²) in [6, 6.07) is 13.1. The van der Waals surface area contributed by atoms with Crippen molar-refractivity contribution in [3.63, 3.8) is 0 Å². The van der Waals surface area contributed by atoms with E-state index in [9.17, 15) is 4.79 Å². The zero-order chi connectivity index (χ0) is 19.2. The van der Waals surface area contributed by atoms with Crippen molar-refractivity contribution in [1.29, 1.82) is 0 Å². The van der Waals surface area contributed by atoms with Crippen LogP contribution in [0.3, 0.4) is 0 Å². The zero-order valence-corrected chi connectivity index (χ0v) is 16.9. The summed E-state index contributed by atoms with van der Waals surface area (Å²) < 4.78 is 8.16. The number of nitrogens with one attached hydrogen (secondary N) is 1. The lowest BCUT2D eigenvalue weighted by Gasteiger charge is -2.16. The lowest BCUT2D eigenvalue weighted by atomic mass is 10.1. The molecule has 2 aromatic carbocycles. The molecular formula is C19H18BrClN4O2. The van der Waals surface area contributed by atoms with Gasteiger partial charge in [-0.1, -0.05) is 35.9 Å². The van der Waals surface area contributed by atoms with Crippen LogP contribution in [-0.4, -0.2) is 26.8 Å². The highest BCUT2D eigenvalue weighted by Crippen LogP contribution is 2.28. The van der Waals surface area contributed by atoms with E-state index in [1.807, 2.05) is 24.3 Å². The van der Waals surface area contributed by atoms with Crippen LogP contribution in [0.5, 0.6) is 5.75 Å². The van der Waals surface area contributed by atoms with Gasteiger partial charge in [0.25, 0.3) is 5.91 Å². The molecule has 1 N–H and O–H groups in total. The third-order valence-corrected chi connectivity index (χ3v) is 4.72. The smallest absolute Gasteiger partial charge is 0.261 e. The molecule has 1 atom stereocenters. The number of halogens is 2. The van der Waals surface area contributed by atoms with Crippen LogP contribution >= 0.6 is 27.5 Å². The molecule has 1 heterocycles. The maximum Gasteiger partial charge on any atom is 0.261 e. The van der Waals surface area contributed by atoms with E-state index in [2.05, 4.69) is 31.3 Å². The molecule has 0 saturated heterocycles. The highest BCUT2D eigenvalue weighted by Gasteiger charge is 2.15. The van der Waals surface area contributed by atoms with E-state index in [-0.39, 0.29) is 5.91 Å². The Morgan fingerprint density at radius 3 is 2.67 bits per heavy atom. The summed E-state index contributed by atoms with van der Waals surface area (Å²) in [7, 11) is 0. The molecule has 8 heteroatoms. The molecule has 0 radical (unpaired) electrons. The number of aromatic nitrogens is 3. The normalized spacial score (nSPS) is 11.8. The molecule has 0 saturated carbocycles. The Labute approximate surface area is 170 Å². The molecule has 0 aliphatic rings. The maximum atomic E-state index is 12.3. The van der Waals surface area contributed by atoms with Crippen molar-refractivity contribution in [3.8, 4) is 5.75 Å². The SMILES string of the molecule is CC(Oc1ccc(Cl)cc1Br)C(=O)NCc1ccc(Cn2cncn2)cc1. The molecule has 0 aliphatic heterocycles. The summed E-state index contributed by atoms with van der Waals surface area (Å²) in [6.45, 7) is 2.79. The monoisotopic (exact) mass is 448 g/mol. The predicted molar refractivity (Wildman–Crippen MR) is 107 cm³/mol. The molecule has 1 unspecified atom stereocenters. The molecule has 140 valence electrons. The highest BCUT2D eigenvalue weighted by atomic mass is 79.9. The van der Waals surface area contributed by atoms with Crippen LogP contribution in [0.25, 0.3) is 0 Å². The molecule has 1 amide bonds. The van der Waals surface area contributed by atoms with Gasteiger partial charge in [0.2, 0.25) is 0 Å². The largest absolute Gasteiger partial charge is 0.480 e. The van der Waals surface area contributed by atoms with Gasteiger partial charge in [0, 0.05) is 11.6 Å². The molecule has 0 spiro atoms. The highest BCUT2D eigenvalue weighted by molar-refractivity contribution is 9.10. The molecule has 0 fully saturated rings. The zero-order valence-electron chi connectivity index (χ0n) is 14.6. The number of hydrogen-bond acceptors (Lipinski definition) is 4. The summed E-state index contributed by atoms with van der Waals surface area (Å²) in [4.78, 5) is 16.2. The first-order valence-electron chi connectivity index (χ1n) is 8.31. The van der Waals surface area contributed by atoms with E-state index in [1.54, 1.807) is 36.1 Å². The maximum absolute atomic E-state index is 12.3. The van der Waals surface area contributed by atoms with Crippen molar-refractivity contribution < 1.29 is 9.53 Å². The molecule has 0 bridgehead atoms. The number of amides is 1. The topological polar surface area (TPSA) is 69.0 Å². The first-order chi connectivity index (χ1) is 13.0. The predicted octanol–water partition coefficient (Wildman–Crippen LogP) is 3.83. The van der Waals surface area contributed by atoms with Crippen molar-refractivity contribution in [1.82, 2.24) is 20.1 Å². The van der Waals surface area contributed by atoms with Gasteiger partial charge in [0.05, 0.1) is 11.0 Å². The molecule has 0 aliphatic carbocycles. The number of carbonyl (C=O) groups is 1. The second-order valence-electron chi connectivity index (χ2n) is 5.96. The van der Waals surface area contributed by atoms with E-state index in [1.165, 1.54) is 6.33 Å². The Morgan fingerprint density at radius 2 is 2.00 bits per heavy atom. The van der Waals surface area contributed by atoms with Gasteiger partial charge in [-0.05, 0) is 52.2 Å². The van der Waals surface area contributed by atoms with Gasteiger partial charge in [0.15, 0.2) is 6.10 Å². The van der Waals surface area contributed by atoms with Crippen molar-refractivity contribution >= 4 is 33.4 Å². The Hall–Kier alpha value is -2.38. The fourth-order valence-corrected chi connectivity index (χ4v) is 3.19. The van der Waals surface area contributed by atoms with E-state index in [0.29, 0.717) is 28.3 Å². The lowest BCUT2D eigenvalue weighted by Crippen LogP contribution is -2.35. The third kappa shape index (κ3) is 5.55. The average Bonchev–Trinajstić information content (AvgIpc) is 3.16. The number of rotatable bonds is 7. The minimum absolute atomic E-state index is 0.191. The number of hydrogen-bond donors (Lipinski definition) is 1. The fourth-order valence-electron chi connectivity index (χ4n) is 2.41. The van der Waals surface area contributed by atoms with E-state index in [4.69, 9.17) is 16.3 Å². The van der Waals surface area contributed by atoms with Crippen LogP contribution in [0.15, 0.2) is 59.6 Å².